The Kier molecular flexibility index (Phi) is 7.26. The fourth-order valence-electron chi connectivity index (χ4n) is 4.51. The molecule has 0 saturated heterocycles. The van der Waals surface area contributed by atoms with Gasteiger partial charge in [-0.05, 0) is 72.4 Å². The molecule has 36 heavy (non-hydrogen) atoms. The second-order valence-electron chi connectivity index (χ2n) is 9.12. The summed E-state index contributed by atoms with van der Waals surface area (Å²) in [5.41, 5.74) is 4.24. The number of hydrazone groups is 1. The minimum atomic E-state index is -4.53. The van der Waals surface area contributed by atoms with Crippen molar-refractivity contribution in [3.8, 4) is 11.1 Å². The lowest BCUT2D eigenvalue weighted by Crippen LogP contribution is -2.29. The third-order valence-corrected chi connectivity index (χ3v) is 6.26. The van der Waals surface area contributed by atoms with Crippen molar-refractivity contribution in [3.05, 3.63) is 88.7 Å². The molecule has 0 spiro atoms. The third kappa shape index (κ3) is 5.65. The van der Waals surface area contributed by atoms with Gasteiger partial charge in [0.15, 0.2) is 0 Å². The zero-order chi connectivity index (χ0) is 26.0. The molecule has 188 valence electrons. The van der Waals surface area contributed by atoms with E-state index in [-0.39, 0.29) is 31.0 Å². The molecule has 1 N–H and O–H groups in total. The van der Waals surface area contributed by atoms with E-state index in [9.17, 15) is 27.5 Å². The Morgan fingerprint density at radius 3 is 2.28 bits per heavy atom. The zero-order valence-corrected chi connectivity index (χ0v) is 19.9. The standard InChI is InChI=1S/C28H26F4N2O2/c1-17-11-20(5-9-24(17)25-14-21(16-35)6-10-26(25)29)13-19-3-7-22(8-4-19)34-23(12-18(2)36)15-27(33-34)28(30,31)32/h3-11,14,23,35H,12-13,15-16H2,1-2H3. The van der Waals surface area contributed by atoms with Crippen molar-refractivity contribution in [2.75, 3.05) is 5.01 Å². The summed E-state index contributed by atoms with van der Waals surface area (Å²) < 4.78 is 54.1. The maximum atomic E-state index is 14.4. The molecule has 0 aliphatic carbocycles. The topological polar surface area (TPSA) is 52.9 Å². The lowest BCUT2D eigenvalue weighted by molar-refractivity contribution is -0.117. The predicted molar refractivity (Wildman–Crippen MR) is 131 cm³/mol. The SMILES string of the molecule is CC(=O)CC1CC(C(F)(F)F)=NN1c1ccc(Cc2ccc(-c3cc(CO)ccc3F)c(C)c2)cc1. The molecule has 0 fully saturated rings. The number of ketones is 1. The van der Waals surface area contributed by atoms with Crippen LogP contribution in [0.4, 0.5) is 23.2 Å². The largest absolute Gasteiger partial charge is 0.431 e. The monoisotopic (exact) mass is 498 g/mol. The van der Waals surface area contributed by atoms with E-state index in [1.54, 1.807) is 24.3 Å². The maximum absolute atomic E-state index is 14.4. The molecule has 0 saturated carbocycles. The lowest BCUT2D eigenvalue weighted by atomic mass is 9.94. The highest BCUT2D eigenvalue weighted by molar-refractivity contribution is 5.94. The van der Waals surface area contributed by atoms with Crippen LogP contribution >= 0.6 is 0 Å². The molecule has 1 atom stereocenters. The Balaban J connectivity index is 1.53. The highest BCUT2D eigenvalue weighted by atomic mass is 19.4. The maximum Gasteiger partial charge on any atom is 0.431 e. The fraction of sp³-hybridized carbons (Fsp3) is 0.286. The number of benzene rings is 3. The molecular weight excluding hydrogens is 472 g/mol. The van der Waals surface area contributed by atoms with Gasteiger partial charge in [-0.3, -0.25) is 9.80 Å². The van der Waals surface area contributed by atoms with Gasteiger partial charge in [-0.1, -0.05) is 36.4 Å². The Hall–Kier alpha value is -3.52. The molecule has 1 unspecified atom stereocenters. The van der Waals surface area contributed by atoms with Crippen molar-refractivity contribution in [1.82, 2.24) is 0 Å². The van der Waals surface area contributed by atoms with E-state index in [2.05, 4.69) is 5.10 Å². The van der Waals surface area contributed by atoms with E-state index in [1.807, 2.05) is 37.3 Å². The molecule has 0 bridgehead atoms. The van der Waals surface area contributed by atoms with Crippen molar-refractivity contribution in [1.29, 1.82) is 0 Å². The minimum absolute atomic E-state index is 0.0156. The van der Waals surface area contributed by atoms with Crippen LogP contribution < -0.4 is 5.01 Å². The van der Waals surface area contributed by atoms with Gasteiger partial charge in [-0.2, -0.15) is 18.3 Å². The van der Waals surface area contributed by atoms with Crippen LogP contribution in [0.5, 0.6) is 0 Å². The number of nitrogens with zero attached hydrogens (tertiary/aromatic N) is 2. The molecule has 3 aromatic carbocycles. The number of hydrogen-bond acceptors (Lipinski definition) is 4. The number of aryl methyl sites for hydroxylation is 1. The summed E-state index contributed by atoms with van der Waals surface area (Å²) in [6.45, 7) is 3.08. The van der Waals surface area contributed by atoms with Crippen LogP contribution in [-0.2, 0) is 17.8 Å². The van der Waals surface area contributed by atoms with Gasteiger partial charge in [0.1, 0.15) is 17.3 Å². The molecule has 3 aromatic rings. The first kappa shape index (κ1) is 25.6. The molecule has 1 aliphatic rings. The number of halogens is 4. The molecule has 0 radical (unpaired) electrons. The van der Waals surface area contributed by atoms with Gasteiger partial charge < -0.3 is 5.11 Å². The van der Waals surface area contributed by atoms with Crippen LogP contribution in [-0.4, -0.2) is 28.8 Å². The normalized spacial score (nSPS) is 15.8. The van der Waals surface area contributed by atoms with Crippen LogP contribution in [0.15, 0.2) is 65.8 Å². The van der Waals surface area contributed by atoms with E-state index < -0.39 is 17.9 Å². The molecule has 1 heterocycles. The number of rotatable bonds is 7. The fourth-order valence-corrected chi connectivity index (χ4v) is 4.51. The Bertz CT molecular complexity index is 1300. The quantitative estimate of drug-likeness (QED) is 0.386. The van der Waals surface area contributed by atoms with Crippen molar-refractivity contribution < 1.29 is 27.5 Å². The van der Waals surface area contributed by atoms with Crippen molar-refractivity contribution in [2.45, 2.75) is 51.9 Å². The molecule has 0 amide bonds. The number of carbonyl (C=O) groups is 1. The van der Waals surface area contributed by atoms with Gasteiger partial charge in [-0.15, -0.1) is 0 Å². The highest BCUT2D eigenvalue weighted by Crippen LogP contribution is 2.33. The summed E-state index contributed by atoms with van der Waals surface area (Å²) in [4.78, 5) is 11.6. The minimum Gasteiger partial charge on any atom is -0.392 e. The van der Waals surface area contributed by atoms with Crippen LogP contribution in [0, 0.1) is 12.7 Å². The summed E-state index contributed by atoms with van der Waals surface area (Å²) in [6.07, 6.45) is -4.29. The molecule has 8 heteroatoms. The van der Waals surface area contributed by atoms with Crippen molar-refractivity contribution in [3.63, 3.8) is 0 Å². The average molecular weight is 499 g/mol. The van der Waals surface area contributed by atoms with E-state index in [0.717, 1.165) is 22.3 Å². The van der Waals surface area contributed by atoms with E-state index in [4.69, 9.17) is 0 Å². The molecule has 4 nitrogen and oxygen atoms in total. The number of alkyl halides is 3. The van der Waals surface area contributed by atoms with Gasteiger partial charge >= 0.3 is 6.18 Å². The van der Waals surface area contributed by atoms with Crippen LogP contribution in [0.2, 0.25) is 0 Å². The van der Waals surface area contributed by atoms with Gasteiger partial charge in [0.25, 0.3) is 0 Å². The summed E-state index contributed by atoms with van der Waals surface area (Å²) in [7, 11) is 0. The Labute approximate surface area is 206 Å². The summed E-state index contributed by atoms with van der Waals surface area (Å²) in [5, 5.41) is 14.4. The number of hydrogen-bond donors (Lipinski definition) is 1. The molecule has 4 rings (SSSR count). The molecule has 0 aromatic heterocycles. The number of carbonyl (C=O) groups excluding carboxylic acids is 1. The molecular formula is C28H26F4N2O2. The van der Waals surface area contributed by atoms with Crippen molar-refractivity contribution >= 4 is 17.2 Å². The van der Waals surface area contributed by atoms with Crippen LogP contribution in [0.25, 0.3) is 11.1 Å². The van der Waals surface area contributed by atoms with E-state index in [0.29, 0.717) is 23.2 Å². The summed E-state index contributed by atoms with van der Waals surface area (Å²) >= 11 is 0. The Morgan fingerprint density at radius 2 is 1.67 bits per heavy atom. The van der Waals surface area contributed by atoms with Crippen molar-refractivity contribution in [2.24, 2.45) is 5.10 Å². The van der Waals surface area contributed by atoms with E-state index >= 15 is 0 Å². The van der Waals surface area contributed by atoms with Gasteiger partial charge in [-0.25, -0.2) is 4.39 Å². The van der Waals surface area contributed by atoms with Crippen LogP contribution in [0.3, 0.4) is 0 Å². The smallest absolute Gasteiger partial charge is 0.392 e. The predicted octanol–water partition coefficient (Wildman–Crippen LogP) is 6.36. The first-order valence-electron chi connectivity index (χ1n) is 11.6. The Morgan fingerprint density at radius 1 is 1.00 bits per heavy atom. The van der Waals surface area contributed by atoms with E-state index in [1.165, 1.54) is 18.0 Å². The van der Waals surface area contributed by atoms with Gasteiger partial charge in [0, 0.05) is 18.4 Å². The summed E-state index contributed by atoms with van der Waals surface area (Å²) in [5.74, 6) is -0.554. The van der Waals surface area contributed by atoms with Gasteiger partial charge in [0.05, 0.1) is 18.3 Å². The lowest BCUT2D eigenvalue weighted by Gasteiger charge is -2.23. The van der Waals surface area contributed by atoms with Crippen LogP contribution in [0.1, 0.15) is 42.0 Å². The third-order valence-electron chi connectivity index (χ3n) is 6.26. The average Bonchev–Trinajstić information content (AvgIpc) is 3.24. The first-order chi connectivity index (χ1) is 17.0. The number of aliphatic hydroxyl groups is 1. The number of anilines is 1. The second kappa shape index (κ2) is 10.2. The number of aliphatic hydroxyl groups excluding tert-OH is 1. The highest BCUT2D eigenvalue weighted by Gasteiger charge is 2.43. The van der Waals surface area contributed by atoms with Gasteiger partial charge in [0.2, 0.25) is 0 Å². The zero-order valence-electron chi connectivity index (χ0n) is 19.9. The second-order valence-corrected chi connectivity index (χ2v) is 9.12. The number of Topliss-reactive ketones (excluding diaryl/α,β-unsaturated/α-hetero) is 1. The molecule has 1 aliphatic heterocycles. The summed E-state index contributed by atoms with van der Waals surface area (Å²) in [6, 6.07) is 16.7. The first-order valence-corrected chi connectivity index (χ1v) is 11.6.